The van der Waals surface area contributed by atoms with E-state index in [4.69, 9.17) is 0 Å². The molecule has 1 amide bonds. The molecule has 0 bridgehead atoms. The first-order chi connectivity index (χ1) is 11.4. The van der Waals surface area contributed by atoms with Gasteiger partial charge in [-0.3, -0.25) is 14.6 Å². The van der Waals surface area contributed by atoms with Crippen LogP contribution in [0.2, 0.25) is 0 Å². The second kappa shape index (κ2) is 6.78. The Balaban J connectivity index is 1.70. The molecule has 6 heteroatoms. The molecule has 2 fully saturated rings. The summed E-state index contributed by atoms with van der Waals surface area (Å²) in [6, 6.07) is 6.85. The van der Waals surface area contributed by atoms with Gasteiger partial charge in [0.05, 0.1) is 12.1 Å². The molecule has 0 radical (unpaired) electrons. The highest BCUT2D eigenvalue weighted by molar-refractivity contribution is 5.73. The maximum atomic E-state index is 13.0. The van der Waals surface area contributed by atoms with Crippen LogP contribution >= 0.6 is 0 Å². The number of nitrogens with zero attached hydrogens (tertiary/aromatic N) is 3. The number of aliphatic hydroxyl groups is 1. The van der Waals surface area contributed by atoms with Crippen LogP contribution in [0.25, 0.3) is 0 Å². The van der Waals surface area contributed by atoms with E-state index in [1.807, 2.05) is 24.0 Å². The molecule has 24 heavy (non-hydrogen) atoms. The first-order valence-electron chi connectivity index (χ1n) is 8.51. The van der Waals surface area contributed by atoms with E-state index in [0.717, 1.165) is 31.7 Å². The van der Waals surface area contributed by atoms with Crippen LogP contribution in [0.4, 0.5) is 4.39 Å². The molecule has 2 saturated heterocycles. The Morgan fingerprint density at radius 1 is 1.29 bits per heavy atom. The highest BCUT2D eigenvalue weighted by Gasteiger charge is 2.45. The second-order valence-corrected chi connectivity index (χ2v) is 7.26. The van der Waals surface area contributed by atoms with Gasteiger partial charge in [-0.15, -0.1) is 0 Å². The van der Waals surface area contributed by atoms with Crippen LogP contribution < -0.4 is 0 Å². The van der Waals surface area contributed by atoms with Crippen LogP contribution in [0.1, 0.15) is 19.4 Å². The van der Waals surface area contributed by atoms with E-state index in [9.17, 15) is 14.3 Å². The smallest absolute Gasteiger partial charge is 0.219 e. The number of hydrogen-bond donors (Lipinski definition) is 1. The number of hydrogen-bond acceptors (Lipinski definition) is 4. The van der Waals surface area contributed by atoms with Crippen molar-refractivity contribution in [1.82, 2.24) is 14.7 Å². The minimum Gasteiger partial charge on any atom is -0.394 e. The van der Waals surface area contributed by atoms with E-state index in [2.05, 4.69) is 9.80 Å². The monoisotopic (exact) mass is 335 g/mol. The molecule has 2 heterocycles. The molecule has 0 spiro atoms. The van der Waals surface area contributed by atoms with E-state index in [0.29, 0.717) is 13.1 Å². The van der Waals surface area contributed by atoms with Crippen LogP contribution in [0.15, 0.2) is 24.3 Å². The van der Waals surface area contributed by atoms with E-state index < -0.39 is 0 Å². The normalized spacial score (nSPS) is 28.7. The zero-order valence-corrected chi connectivity index (χ0v) is 14.4. The molecular formula is C18H26FN3O2. The number of rotatable bonds is 3. The van der Waals surface area contributed by atoms with Crippen LogP contribution in [0, 0.1) is 5.82 Å². The zero-order chi connectivity index (χ0) is 17.3. The SMILES string of the molecule is CC(=O)N1C[C@@H]2CN(Cc3ccc(F)cc3)CCN2[C@](C)(CO)C1. The van der Waals surface area contributed by atoms with Crippen molar-refractivity contribution in [3.05, 3.63) is 35.6 Å². The summed E-state index contributed by atoms with van der Waals surface area (Å²) in [5, 5.41) is 9.89. The maximum absolute atomic E-state index is 13.0. The number of fused-ring (bicyclic) bond motifs is 1. The van der Waals surface area contributed by atoms with Gasteiger partial charge in [-0.05, 0) is 24.6 Å². The summed E-state index contributed by atoms with van der Waals surface area (Å²) < 4.78 is 13.0. The molecule has 2 aliphatic rings. The topological polar surface area (TPSA) is 47.0 Å². The molecule has 0 unspecified atom stereocenters. The predicted octanol–water partition coefficient (Wildman–Crippen LogP) is 0.925. The van der Waals surface area contributed by atoms with Crippen molar-refractivity contribution in [2.45, 2.75) is 32.0 Å². The standard InChI is InChI=1S/C18H26FN3O2/c1-14(24)21-11-17-10-20(9-15-3-5-16(19)6-4-15)7-8-22(17)18(2,12-21)13-23/h3-6,17,23H,7-13H2,1-2H3/t17-,18-/m0/s1. The van der Waals surface area contributed by atoms with Gasteiger partial charge in [-0.1, -0.05) is 12.1 Å². The van der Waals surface area contributed by atoms with Crippen molar-refractivity contribution in [3.63, 3.8) is 0 Å². The van der Waals surface area contributed by atoms with Crippen molar-refractivity contribution in [2.75, 3.05) is 39.3 Å². The minimum absolute atomic E-state index is 0.0469. The highest BCUT2D eigenvalue weighted by Crippen LogP contribution is 2.28. The summed E-state index contributed by atoms with van der Waals surface area (Å²) in [6.45, 7) is 8.34. The van der Waals surface area contributed by atoms with Crippen LogP contribution in [-0.4, -0.2) is 76.6 Å². The van der Waals surface area contributed by atoms with Crippen molar-refractivity contribution in [3.8, 4) is 0 Å². The molecule has 3 rings (SSSR count). The van der Waals surface area contributed by atoms with E-state index in [-0.39, 0.29) is 29.9 Å². The molecule has 0 aliphatic carbocycles. The Morgan fingerprint density at radius 2 is 2.00 bits per heavy atom. The third-order valence-corrected chi connectivity index (χ3v) is 5.33. The quantitative estimate of drug-likeness (QED) is 0.893. The largest absolute Gasteiger partial charge is 0.394 e. The molecule has 2 atom stereocenters. The van der Waals surface area contributed by atoms with Gasteiger partial charge in [0.2, 0.25) is 5.91 Å². The lowest BCUT2D eigenvalue weighted by Crippen LogP contribution is -2.72. The molecule has 1 aromatic rings. The molecule has 1 N–H and O–H groups in total. The average molecular weight is 335 g/mol. The third kappa shape index (κ3) is 3.45. The lowest BCUT2D eigenvalue weighted by Gasteiger charge is -2.56. The fraction of sp³-hybridized carbons (Fsp3) is 0.611. The lowest BCUT2D eigenvalue weighted by atomic mass is 9.91. The van der Waals surface area contributed by atoms with Gasteiger partial charge in [0.1, 0.15) is 5.82 Å². The molecule has 5 nitrogen and oxygen atoms in total. The molecule has 1 aromatic carbocycles. The minimum atomic E-state index is -0.378. The molecule has 2 aliphatic heterocycles. The second-order valence-electron chi connectivity index (χ2n) is 7.26. The van der Waals surface area contributed by atoms with Crippen molar-refractivity contribution < 1.29 is 14.3 Å². The summed E-state index contributed by atoms with van der Waals surface area (Å²) >= 11 is 0. The van der Waals surface area contributed by atoms with E-state index in [1.54, 1.807) is 6.92 Å². The van der Waals surface area contributed by atoms with Gasteiger partial charge < -0.3 is 10.0 Å². The van der Waals surface area contributed by atoms with Crippen LogP contribution in [0.5, 0.6) is 0 Å². The summed E-state index contributed by atoms with van der Waals surface area (Å²) in [5.74, 6) is -0.156. The Morgan fingerprint density at radius 3 is 2.62 bits per heavy atom. The van der Waals surface area contributed by atoms with Gasteiger partial charge in [-0.25, -0.2) is 4.39 Å². The number of carbonyl (C=O) groups excluding carboxylic acids is 1. The molecule has 0 saturated carbocycles. The average Bonchev–Trinajstić information content (AvgIpc) is 2.56. The number of halogens is 1. The number of benzene rings is 1. The summed E-state index contributed by atoms with van der Waals surface area (Å²) in [6.07, 6.45) is 0. The van der Waals surface area contributed by atoms with Gasteiger partial charge in [-0.2, -0.15) is 0 Å². The molecular weight excluding hydrogens is 309 g/mol. The van der Waals surface area contributed by atoms with E-state index in [1.165, 1.54) is 12.1 Å². The van der Waals surface area contributed by atoms with Crippen LogP contribution in [-0.2, 0) is 11.3 Å². The van der Waals surface area contributed by atoms with Crippen molar-refractivity contribution in [2.24, 2.45) is 0 Å². The fourth-order valence-electron chi connectivity index (χ4n) is 3.98. The predicted molar refractivity (Wildman–Crippen MR) is 89.9 cm³/mol. The van der Waals surface area contributed by atoms with Gasteiger partial charge in [0, 0.05) is 52.2 Å². The lowest BCUT2D eigenvalue weighted by molar-refractivity contribution is -0.143. The Bertz CT molecular complexity index is 594. The Hall–Kier alpha value is -1.50. The van der Waals surface area contributed by atoms with Crippen molar-refractivity contribution >= 4 is 5.91 Å². The van der Waals surface area contributed by atoms with Gasteiger partial charge in [0.25, 0.3) is 0 Å². The summed E-state index contributed by atoms with van der Waals surface area (Å²) in [7, 11) is 0. The number of amides is 1. The summed E-state index contributed by atoms with van der Waals surface area (Å²) in [5.41, 5.74) is 0.713. The Labute approximate surface area is 142 Å². The highest BCUT2D eigenvalue weighted by atomic mass is 19.1. The third-order valence-electron chi connectivity index (χ3n) is 5.33. The molecule has 132 valence electrons. The maximum Gasteiger partial charge on any atom is 0.219 e. The van der Waals surface area contributed by atoms with Gasteiger partial charge >= 0.3 is 0 Å². The fourth-order valence-corrected chi connectivity index (χ4v) is 3.98. The Kier molecular flexibility index (Phi) is 4.90. The van der Waals surface area contributed by atoms with Crippen LogP contribution in [0.3, 0.4) is 0 Å². The molecule has 0 aromatic heterocycles. The number of aliphatic hydroxyl groups excluding tert-OH is 1. The van der Waals surface area contributed by atoms with Gasteiger partial charge in [0.15, 0.2) is 0 Å². The van der Waals surface area contributed by atoms with E-state index >= 15 is 0 Å². The zero-order valence-electron chi connectivity index (χ0n) is 14.4. The number of piperazine rings is 2. The summed E-state index contributed by atoms with van der Waals surface area (Å²) in [4.78, 5) is 18.4. The number of carbonyl (C=O) groups is 1. The first kappa shape index (κ1) is 17.3. The van der Waals surface area contributed by atoms with Crippen molar-refractivity contribution in [1.29, 1.82) is 0 Å². The first-order valence-corrected chi connectivity index (χ1v) is 8.51.